The molecule has 0 spiro atoms. The molecule has 0 radical (unpaired) electrons. The molecule has 8 heteroatoms. The normalized spacial score (nSPS) is 20.1. The van der Waals surface area contributed by atoms with Gasteiger partial charge in [-0.1, -0.05) is 17.7 Å². The van der Waals surface area contributed by atoms with Crippen LogP contribution < -0.4 is 4.74 Å². The predicted octanol–water partition coefficient (Wildman–Crippen LogP) is 3.21. The van der Waals surface area contributed by atoms with Gasteiger partial charge in [0, 0.05) is 18.9 Å². The Labute approximate surface area is 168 Å². The number of hydrogen-bond acceptors (Lipinski definition) is 4. The third kappa shape index (κ3) is 4.00. The Balaban J connectivity index is 1.47. The molecule has 3 heterocycles. The van der Waals surface area contributed by atoms with Crippen molar-refractivity contribution in [2.24, 2.45) is 0 Å². The molecular weight excluding hydrogens is 385 g/mol. The zero-order valence-corrected chi connectivity index (χ0v) is 16.5. The second-order valence-corrected chi connectivity index (χ2v) is 7.77. The number of amides is 1. The maximum atomic E-state index is 13.4. The van der Waals surface area contributed by atoms with E-state index in [-0.39, 0.29) is 29.5 Å². The van der Waals surface area contributed by atoms with Crippen LogP contribution >= 0.6 is 11.6 Å². The zero-order chi connectivity index (χ0) is 19.7. The van der Waals surface area contributed by atoms with Gasteiger partial charge >= 0.3 is 0 Å². The standard InChI is InChI=1S/C20H23ClFN3O3/c1-13-11-25-18(19(10-23-25)28-15-4-6-27-7-5-15)12-24(13)20(26)9-14-2-3-17(22)16(21)8-14/h2-3,8,10,13,15H,4-7,9,11-12H2,1H3/t13-/m0/s1. The highest BCUT2D eigenvalue weighted by Gasteiger charge is 2.30. The number of carbonyl (C=O) groups is 1. The molecule has 0 saturated carbocycles. The van der Waals surface area contributed by atoms with Gasteiger partial charge in [-0.25, -0.2) is 4.39 Å². The van der Waals surface area contributed by atoms with Crippen LogP contribution in [0.2, 0.25) is 5.02 Å². The van der Waals surface area contributed by atoms with Crippen LogP contribution in [0.3, 0.4) is 0 Å². The predicted molar refractivity (Wildman–Crippen MR) is 102 cm³/mol. The van der Waals surface area contributed by atoms with Crippen LogP contribution in [0, 0.1) is 5.82 Å². The average molecular weight is 408 g/mol. The molecule has 1 amide bonds. The van der Waals surface area contributed by atoms with E-state index in [1.807, 2.05) is 16.5 Å². The van der Waals surface area contributed by atoms with Gasteiger partial charge in [0.25, 0.3) is 0 Å². The number of fused-ring (bicyclic) bond motifs is 1. The molecule has 1 aromatic carbocycles. The number of nitrogens with zero attached hydrogens (tertiary/aromatic N) is 3. The summed E-state index contributed by atoms with van der Waals surface area (Å²) in [5, 5.41) is 4.46. The number of halogens is 2. The molecular formula is C20H23ClFN3O3. The van der Waals surface area contributed by atoms with E-state index >= 15 is 0 Å². The molecule has 150 valence electrons. The monoisotopic (exact) mass is 407 g/mol. The molecule has 4 rings (SSSR count). The van der Waals surface area contributed by atoms with Crippen LogP contribution in [-0.4, -0.2) is 45.9 Å². The van der Waals surface area contributed by atoms with Crippen molar-refractivity contribution in [3.63, 3.8) is 0 Å². The van der Waals surface area contributed by atoms with Crippen molar-refractivity contribution in [3.8, 4) is 5.75 Å². The lowest BCUT2D eigenvalue weighted by atomic mass is 10.1. The van der Waals surface area contributed by atoms with Gasteiger partial charge in [-0.3, -0.25) is 9.48 Å². The SMILES string of the molecule is C[C@H]1Cn2ncc(OC3CCOCC3)c2CN1C(=O)Cc1ccc(F)c(Cl)c1. The van der Waals surface area contributed by atoms with Crippen molar-refractivity contribution >= 4 is 17.5 Å². The van der Waals surface area contributed by atoms with E-state index in [9.17, 15) is 9.18 Å². The fraction of sp³-hybridized carbons (Fsp3) is 0.500. The topological polar surface area (TPSA) is 56.6 Å². The van der Waals surface area contributed by atoms with E-state index in [2.05, 4.69) is 5.10 Å². The summed E-state index contributed by atoms with van der Waals surface area (Å²) in [6.07, 6.45) is 3.75. The third-order valence-corrected chi connectivity index (χ3v) is 5.61. The molecule has 1 atom stereocenters. The second-order valence-electron chi connectivity index (χ2n) is 7.36. The number of ether oxygens (including phenoxy) is 2. The first-order valence-electron chi connectivity index (χ1n) is 9.53. The summed E-state index contributed by atoms with van der Waals surface area (Å²) in [4.78, 5) is 14.7. The molecule has 2 aromatic rings. The minimum absolute atomic E-state index is 0.00625. The van der Waals surface area contributed by atoms with E-state index in [0.29, 0.717) is 31.9 Å². The fourth-order valence-electron chi connectivity index (χ4n) is 3.71. The molecule has 1 fully saturated rings. The first-order chi connectivity index (χ1) is 13.5. The summed E-state index contributed by atoms with van der Waals surface area (Å²) in [5.74, 6) is 0.226. The quantitative estimate of drug-likeness (QED) is 0.781. The first-order valence-corrected chi connectivity index (χ1v) is 9.91. The van der Waals surface area contributed by atoms with E-state index in [1.54, 1.807) is 12.3 Å². The molecule has 28 heavy (non-hydrogen) atoms. The summed E-state index contributed by atoms with van der Waals surface area (Å²) in [6, 6.07) is 4.40. The van der Waals surface area contributed by atoms with Gasteiger partial charge in [-0.2, -0.15) is 5.10 Å². The lowest BCUT2D eigenvalue weighted by Crippen LogP contribution is -2.45. The lowest BCUT2D eigenvalue weighted by molar-refractivity contribution is -0.134. The largest absolute Gasteiger partial charge is 0.487 e. The highest BCUT2D eigenvalue weighted by atomic mass is 35.5. The molecule has 0 aliphatic carbocycles. The number of aromatic nitrogens is 2. The Kier molecular flexibility index (Phi) is 5.55. The molecule has 2 aliphatic heterocycles. The van der Waals surface area contributed by atoms with Crippen LogP contribution in [0.4, 0.5) is 4.39 Å². The molecule has 2 aliphatic rings. The zero-order valence-electron chi connectivity index (χ0n) is 15.7. The Morgan fingerprint density at radius 2 is 2.18 bits per heavy atom. The van der Waals surface area contributed by atoms with Gasteiger partial charge in [-0.15, -0.1) is 0 Å². The van der Waals surface area contributed by atoms with Gasteiger partial charge < -0.3 is 14.4 Å². The van der Waals surface area contributed by atoms with Gasteiger partial charge in [0.2, 0.25) is 5.91 Å². The second kappa shape index (κ2) is 8.09. The van der Waals surface area contributed by atoms with E-state index in [0.717, 1.165) is 24.3 Å². The summed E-state index contributed by atoms with van der Waals surface area (Å²) in [7, 11) is 0. The van der Waals surface area contributed by atoms with Gasteiger partial charge in [0.05, 0.1) is 49.6 Å². The molecule has 0 N–H and O–H groups in total. The minimum Gasteiger partial charge on any atom is -0.487 e. The molecule has 0 bridgehead atoms. The highest BCUT2D eigenvalue weighted by molar-refractivity contribution is 6.30. The Bertz CT molecular complexity index is 866. The third-order valence-electron chi connectivity index (χ3n) is 5.32. The van der Waals surface area contributed by atoms with Gasteiger partial charge in [0.1, 0.15) is 11.9 Å². The van der Waals surface area contributed by atoms with Crippen molar-refractivity contribution in [1.29, 1.82) is 0 Å². The number of rotatable bonds is 4. The smallest absolute Gasteiger partial charge is 0.227 e. The van der Waals surface area contributed by atoms with Crippen molar-refractivity contribution in [2.75, 3.05) is 13.2 Å². The molecule has 1 aromatic heterocycles. The Morgan fingerprint density at radius 3 is 2.93 bits per heavy atom. The molecule has 6 nitrogen and oxygen atoms in total. The highest BCUT2D eigenvalue weighted by Crippen LogP contribution is 2.28. The summed E-state index contributed by atoms with van der Waals surface area (Å²) >= 11 is 5.84. The Morgan fingerprint density at radius 1 is 1.39 bits per heavy atom. The van der Waals surface area contributed by atoms with Crippen molar-refractivity contribution in [2.45, 2.75) is 51.4 Å². The van der Waals surface area contributed by atoms with Crippen LogP contribution in [0.5, 0.6) is 5.75 Å². The number of carbonyl (C=O) groups excluding carboxylic acids is 1. The minimum atomic E-state index is -0.483. The van der Waals surface area contributed by atoms with Crippen molar-refractivity contribution in [3.05, 3.63) is 46.5 Å². The van der Waals surface area contributed by atoms with E-state index in [4.69, 9.17) is 21.1 Å². The van der Waals surface area contributed by atoms with Crippen molar-refractivity contribution < 1.29 is 18.7 Å². The molecule has 0 unspecified atom stereocenters. The summed E-state index contributed by atoms with van der Waals surface area (Å²) in [6.45, 7) is 4.46. The van der Waals surface area contributed by atoms with Gasteiger partial charge in [-0.05, 0) is 24.6 Å². The van der Waals surface area contributed by atoms with Crippen LogP contribution in [0.25, 0.3) is 0 Å². The summed E-state index contributed by atoms with van der Waals surface area (Å²) in [5.41, 5.74) is 1.61. The van der Waals surface area contributed by atoms with E-state index < -0.39 is 5.82 Å². The van der Waals surface area contributed by atoms with Crippen LogP contribution in [0.1, 0.15) is 31.0 Å². The van der Waals surface area contributed by atoms with Crippen LogP contribution in [0.15, 0.2) is 24.4 Å². The lowest BCUT2D eigenvalue weighted by Gasteiger charge is -2.34. The maximum Gasteiger partial charge on any atom is 0.227 e. The number of hydrogen-bond donors (Lipinski definition) is 0. The summed E-state index contributed by atoms with van der Waals surface area (Å²) < 4.78 is 26.8. The van der Waals surface area contributed by atoms with E-state index in [1.165, 1.54) is 12.1 Å². The fourth-order valence-corrected chi connectivity index (χ4v) is 3.91. The molecule has 1 saturated heterocycles. The Hall–Kier alpha value is -2.12. The first kappa shape index (κ1) is 19.2. The van der Waals surface area contributed by atoms with Crippen LogP contribution in [-0.2, 0) is 29.0 Å². The van der Waals surface area contributed by atoms with Gasteiger partial charge in [0.15, 0.2) is 5.75 Å². The maximum absolute atomic E-state index is 13.4. The number of benzene rings is 1. The average Bonchev–Trinajstić information content (AvgIpc) is 3.06. The van der Waals surface area contributed by atoms with Crippen molar-refractivity contribution in [1.82, 2.24) is 14.7 Å².